The molecule has 2 aromatic carbocycles. The average Bonchev–Trinajstić information content (AvgIpc) is 2.82. The van der Waals surface area contributed by atoms with Crippen LogP contribution in [-0.2, 0) is 6.42 Å². The van der Waals surface area contributed by atoms with Crippen LogP contribution in [0.25, 0.3) is 11.3 Å². The molecule has 1 aromatic heterocycles. The van der Waals surface area contributed by atoms with Gasteiger partial charge in [-0.3, -0.25) is 0 Å². The highest BCUT2D eigenvalue weighted by Gasteiger charge is 2.13. The van der Waals surface area contributed by atoms with E-state index in [9.17, 15) is 0 Å². The molecule has 0 saturated heterocycles. The first-order chi connectivity index (χ1) is 10.5. The lowest BCUT2D eigenvalue weighted by atomic mass is 10.1. The van der Waals surface area contributed by atoms with Crippen LogP contribution in [0.5, 0.6) is 0 Å². The van der Waals surface area contributed by atoms with E-state index in [2.05, 4.69) is 27.0 Å². The molecule has 0 fully saturated rings. The molecule has 5 heteroatoms. The Morgan fingerprint density at radius 3 is 2.64 bits per heavy atom. The number of aryl methyl sites for hydroxylation is 1. The normalized spacial score (nSPS) is 10.9. The molecule has 0 radical (unpaired) electrons. The Kier molecular flexibility index (Phi) is 4.57. The van der Waals surface area contributed by atoms with Crippen molar-refractivity contribution in [3.8, 4) is 11.3 Å². The van der Waals surface area contributed by atoms with E-state index in [1.807, 2.05) is 37.3 Å². The number of nitrogens with one attached hydrogen (secondary N) is 1. The van der Waals surface area contributed by atoms with E-state index < -0.39 is 0 Å². The van der Waals surface area contributed by atoms with Gasteiger partial charge in [0.25, 0.3) is 0 Å². The molecule has 3 rings (SSSR count). The molecule has 0 aliphatic heterocycles. The van der Waals surface area contributed by atoms with E-state index in [4.69, 9.17) is 28.2 Å². The van der Waals surface area contributed by atoms with Gasteiger partial charge in [-0.1, -0.05) is 57.3 Å². The van der Waals surface area contributed by atoms with Crippen LogP contribution in [0.2, 0.25) is 10.0 Å². The van der Waals surface area contributed by atoms with Crippen molar-refractivity contribution >= 4 is 39.1 Å². The number of nitrogens with zero attached hydrogens (tertiary/aromatic N) is 1. The maximum absolute atomic E-state index is 6.28. The van der Waals surface area contributed by atoms with E-state index in [-0.39, 0.29) is 0 Å². The molecule has 22 heavy (non-hydrogen) atoms. The number of imidazole rings is 1. The summed E-state index contributed by atoms with van der Waals surface area (Å²) in [4.78, 5) is 8.04. The largest absolute Gasteiger partial charge is 0.345 e. The van der Waals surface area contributed by atoms with Crippen molar-refractivity contribution in [1.82, 2.24) is 9.97 Å². The van der Waals surface area contributed by atoms with Gasteiger partial charge in [-0.2, -0.15) is 0 Å². The van der Waals surface area contributed by atoms with Crippen LogP contribution in [0, 0.1) is 6.92 Å². The van der Waals surface area contributed by atoms with Gasteiger partial charge in [0.2, 0.25) is 0 Å². The second-order valence-electron chi connectivity index (χ2n) is 5.05. The Hall–Kier alpha value is -1.29. The second-order valence-corrected chi connectivity index (χ2v) is 6.75. The van der Waals surface area contributed by atoms with Crippen LogP contribution in [0.4, 0.5) is 0 Å². The predicted octanol–water partition coefficient (Wildman–Crippen LogP) is 6.05. The van der Waals surface area contributed by atoms with Crippen molar-refractivity contribution in [2.45, 2.75) is 13.3 Å². The highest BCUT2D eigenvalue weighted by Crippen LogP contribution is 2.31. The fourth-order valence-electron chi connectivity index (χ4n) is 2.37. The first-order valence-electron chi connectivity index (χ1n) is 6.79. The summed E-state index contributed by atoms with van der Waals surface area (Å²) in [6, 6.07) is 13.6. The Morgan fingerprint density at radius 2 is 1.91 bits per heavy atom. The first-order valence-corrected chi connectivity index (χ1v) is 8.34. The third-order valence-electron chi connectivity index (χ3n) is 3.44. The smallest absolute Gasteiger partial charge is 0.111 e. The van der Waals surface area contributed by atoms with Crippen molar-refractivity contribution in [2.75, 3.05) is 0 Å². The SMILES string of the molecule is Cc1[nH]c(Cc2ccccc2Br)nc1-c1ccc(Cl)cc1Cl. The number of aromatic nitrogens is 2. The van der Waals surface area contributed by atoms with Gasteiger partial charge in [-0.05, 0) is 36.8 Å². The summed E-state index contributed by atoms with van der Waals surface area (Å²) in [5.41, 5.74) is 3.93. The molecule has 0 bridgehead atoms. The fraction of sp³-hybridized carbons (Fsp3) is 0.118. The molecular formula is C17H13BrCl2N2. The number of benzene rings is 2. The maximum atomic E-state index is 6.28. The van der Waals surface area contributed by atoms with Gasteiger partial charge in [0, 0.05) is 27.2 Å². The molecule has 0 unspecified atom stereocenters. The number of halogens is 3. The summed E-state index contributed by atoms with van der Waals surface area (Å²) >= 11 is 15.8. The molecule has 2 nitrogen and oxygen atoms in total. The summed E-state index contributed by atoms with van der Waals surface area (Å²) in [5, 5.41) is 1.23. The molecular weight excluding hydrogens is 383 g/mol. The van der Waals surface area contributed by atoms with Crippen LogP contribution in [-0.4, -0.2) is 9.97 Å². The van der Waals surface area contributed by atoms with Crippen molar-refractivity contribution in [2.24, 2.45) is 0 Å². The van der Waals surface area contributed by atoms with E-state index >= 15 is 0 Å². The molecule has 0 spiro atoms. The zero-order valence-corrected chi connectivity index (χ0v) is 14.9. The Morgan fingerprint density at radius 1 is 1.14 bits per heavy atom. The summed E-state index contributed by atoms with van der Waals surface area (Å²) in [6.45, 7) is 2.00. The monoisotopic (exact) mass is 394 g/mol. The number of hydrogen-bond donors (Lipinski definition) is 1. The summed E-state index contributed by atoms with van der Waals surface area (Å²) in [7, 11) is 0. The zero-order valence-electron chi connectivity index (χ0n) is 11.8. The van der Waals surface area contributed by atoms with E-state index in [1.165, 1.54) is 5.56 Å². The fourth-order valence-corrected chi connectivity index (χ4v) is 3.29. The first kappa shape index (κ1) is 15.6. The molecule has 1 heterocycles. The van der Waals surface area contributed by atoms with Crippen LogP contribution >= 0.6 is 39.1 Å². The number of hydrogen-bond acceptors (Lipinski definition) is 1. The topological polar surface area (TPSA) is 28.7 Å². The van der Waals surface area contributed by atoms with Crippen LogP contribution in [0.15, 0.2) is 46.9 Å². The zero-order chi connectivity index (χ0) is 15.7. The van der Waals surface area contributed by atoms with Gasteiger partial charge in [0.05, 0.1) is 10.7 Å². The molecule has 1 N–H and O–H groups in total. The standard InChI is InChI=1S/C17H13BrCl2N2/c1-10-17(13-7-6-12(19)9-15(13)20)22-16(21-10)8-11-4-2-3-5-14(11)18/h2-7,9H,8H2,1H3,(H,21,22). The van der Waals surface area contributed by atoms with Crippen LogP contribution in [0.3, 0.4) is 0 Å². The molecule has 0 aliphatic carbocycles. The lowest BCUT2D eigenvalue weighted by Crippen LogP contribution is -1.92. The number of aromatic amines is 1. The molecule has 0 aliphatic rings. The minimum atomic E-state index is 0.606. The molecule has 112 valence electrons. The third-order valence-corrected chi connectivity index (χ3v) is 4.76. The van der Waals surface area contributed by atoms with Crippen LogP contribution < -0.4 is 0 Å². The number of H-pyrrole nitrogens is 1. The Balaban J connectivity index is 1.96. The lowest BCUT2D eigenvalue weighted by molar-refractivity contribution is 1.01. The van der Waals surface area contributed by atoms with E-state index in [0.717, 1.165) is 33.7 Å². The van der Waals surface area contributed by atoms with Crippen LogP contribution in [0.1, 0.15) is 17.1 Å². The van der Waals surface area contributed by atoms with E-state index in [1.54, 1.807) is 6.07 Å². The van der Waals surface area contributed by atoms with Crippen molar-refractivity contribution in [1.29, 1.82) is 0 Å². The van der Waals surface area contributed by atoms with Gasteiger partial charge in [-0.15, -0.1) is 0 Å². The average molecular weight is 396 g/mol. The van der Waals surface area contributed by atoms with Gasteiger partial charge in [-0.25, -0.2) is 4.98 Å². The maximum Gasteiger partial charge on any atom is 0.111 e. The second kappa shape index (κ2) is 6.45. The quantitative estimate of drug-likeness (QED) is 0.574. The van der Waals surface area contributed by atoms with Crippen molar-refractivity contribution in [3.63, 3.8) is 0 Å². The summed E-state index contributed by atoms with van der Waals surface area (Å²) in [5.74, 6) is 0.908. The van der Waals surface area contributed by atoms with Crippen molar-refractivity contribution < 1.29 is 0 Å². The van der Waals surface area contributed by atoms with Crippen molar-refractivity contribution in [3.05, 3.63) is 74.1 Å². The highest BCUT2D eigenvalue weighted by atomic mass is 79.9. The molecule has 0 amide bonds. The summed E-state index contributed by atoms with van der Waals surface area (Å²) in [6.07, 6.45) is 0.730. The van der Waals surface area contributed by atoms with Gasteiger partial charge < -0.3 is 4.98 Å². The van der Waals surface area contributed by atoms with Gasteiger partial charge in [0.15, 0.2) is 0 Å². The Bertz CT molecular complexity index is 827. The molecule has 0 saturated carbocycles. The van der Waals surface area contributed by atoms with Gasteiger partial charge in [0.1, 0.15) is 5.82 Å². The molecule has 3 aromatic rings. The minimum Gasteiger partial charge on any atom is -0.345 e. The number of rotatable bonds is 3. The lowest BCUT2D eigenvalue weighted by Gasteiger charge is -2.02. The van der Waals surface area contributed by atoms with Gasteiger partial charge >= 0.3 is 0 Å². The summed E-state index contributed by atoms with van der Waals surface area (Å²) < 4.78 is 1.08. The third kappa shape index (κ3) is 3.22. The van der Waals surface area contributed by atoms with E-state index in [0.29, 0.717) is 10.0 Å². The minimum absolute atomic E-state index is 0.606. The Labute approximate surface area is 147 Å². The highest BCUT2D eigenvalue weighted by molar-refractivity contribution is 9.10. The predicted molar refractivity (Wildman–Crippen MR) is 95.7 cm³/mol. The molecule has 0 atom stereocenters.